The largest absolute Gasteiger partial charge is 0.505 e. The molecule has 1 N–H and O–H groups in total. The van der Waals surface area contributed by atoms with E-state index in [1.54, 1.807) is 19.2 Å². The van der Waals surface area contributed by atoms with Crippen molar-refractivity contribution in [2.24, 2.45) is 0 Å². The van der Waals surface area contributed by atoms with Gasteiger partial charge in [0.25, 0.3) is 0 Å². The Morgan fingerprint density at radius 2 is 1.85 bits per heavy atom. The summed E-state index contributed by atoms with van der Waals surface area (Å²) in [5, 5.41) is 10.1. The molecule has 0 unspecified atom stereocenters. The van der Waals surface area contributed by atoms with Gasteiger partial charge in [-0.05, 0) is 18.6 Å². The molecule has 2 aromatic rings. The Morgan fingerprint density at radius 1 is 1.23 bits per heavy atom. The predicted octanol–water partition coefficient (Wildman–Crippen LogP) is 2.30. The van der Waals surface area contributed by atoms with E-state index in [-0.39, 0.29) is 5.75 Å². The molecule has 2 rings (SSSR count). The van der Waals surface area contributed by atoms with Crippen LogP contribution >= 0.6 is 11.6 Å². The highest BCUT2D eigenvalue weighted by molar-refractivity contribution is 6.35. The van der Waals surface area contributed by atoms with E-state index in [0.717, 1.165) is 0 Å². The van der Waals surface area contributed by atoms with E-state index in [2.05, 4.69) is 9.97 Å². The zero-order chi connectivity index (χ0) is 9.42. The molecule has 4 heteroatoms. The van der Waals surface area contributed by atoms with Crippen molar-refractivity contribution in [3.8, 4) is 5.75 Å². The monoisotopic (exact) mass is 194 g/mol. The summed E-state index contributed by atoms with van der Waals surface area (Å²) in [6, 6.07) is 1.67. The molecule has 0 aliphatic carbocycles. The van der Waals surface area contributed by atoms with Gasteiger partial charge in [0.05, 0.1) is 5.02 Å². The van der Waals surface area contributed by atoms with Crippen LogP contribution in [-0.2, 0) is 0 Å². The van der Waals surface area contributed by atoms with Crippen LogP contribution in [-0.4, -0.2) is 15.1 Å². The minimum absolute atomic E-state index is 0.146. The lowest BCUT2D eigenvalue weighted by atomic mass is 10.2. The minimum atomic E-state index is 0.146. The number of fused-ring (bicyclic) bond motifs is 1. The van der Waals surface area contributed by atoms with Gasteiger partial charge in [-0.1, -0.05) is 11.6 Å². The molecular formula is C9H7ClN2O. The Labute approximate surface area is 80.0 Å². The predicted molar refractivity (Wildman–Crippen MR) is 50.9 cm³/mol. The standard InChI is InChI=1S/C9H7ClN2O/c1-5-4-6(10)7-8(9(5)13)12-3-2-11-7/h2-4,13H,1H3. The van der Waals surface area contributed by atoms with Gasteiger partial charge >= 0.3 is 0 Å². The van der Waals surface area contributed by atoms with Crippen molar-refractivity contribution in [3.05, 3.63) is 29.0 Å². The van der Waals surface area contributed by atoms with E-state index in [1.807, 2.05) is 0 Å². The lowest BCUT2D eigenvalue weighted by molar-refractivity contribution is 0.476. The third kappa shape index (κ3) is 1.21. The lowest BCUT2D eigenvalue weighted by Gasteiger charge is -2.03. The molecule has 13 heavy (non-hydrogen) atoms. The van der Waals surface area contributed by atoms with Crippen molar-refractivity contribution in [1.82, 2.24) is 9.97 Å². The molecule has 0 spiro atoms. The maximum absolute atomic E-state index is 9.62. The van der Waals surface area contributed by atoms with E-state index in [1.165, 1.54) is 6.20 Å². The molecule has 1 heterocycles. The van der Waals surface area contributed by atoms with Crippen LogP contribution < -0.4 is 0 Å². The third-order valence-electron chi connectivity index (χ3n) is 1.87. The topological polar surface area (TPSA) is 46.0 Å². The van der Waals surface area contributed by atoms with Crippen molar-refractivity contribution in [3.63, 3.8) is 0 Å². The summed E-state index contributed by atoms with van der Waals surface area (Å²) in [6.45, 7) is 1.77. The second-order valence-corrected chi connectivity index (χ2v) is 3.18. The Morgan fingerprint density at radius 3 is 2.54 bits per heavy atom. The number of aromatic hydroxyl groups is 1. The van der Waals surface area contributed by atoms with Gasteiger partial charge in [0.2, 0.25) is 0 Å². The van der Waals surface area contributed by atoms with Gasteiger partial charge in [-0.3, -0.25) is 4.98 Å². The van der Waals surface area contributed by atoms with Gasteiger partial charge in [-0.2, -0.15) is 0 Å². The summed E-state index contributed by atoms with van der Waals surface area (Å²) < 4.78 is 0. The van der Waals surface area contributed by atoms with Gasteiger partial charge in [-0.25, -0.2) is 4.98 Å². The number of halogens is 1. The molecule has 0 fully saturated rings. The Bertz CT molecular complexity index is 470. The number of phenolic OH excluding ortho intramolecular Hbond substituents is 1. The molecule has 66 valence electrons. The van der Waals surface area contributed by atoms with Gasteiger partial charge in [0.15, 0.2) is 0 Å². The van der Waals surface area contributed by atoms with Crippen molar-refractivity contribution in [2.75, 3.05) is 0 Å². The third-order valence-corrected chi connectivity index (χ3v) is 2.15. The highest BCUT2D eigenvalue weighted by atomic mass is 35.5. The van der Waals surface area contributed by atoms with Crippen LogP contribution in [0.3, 0.4) is 0 Å². The zero-order valence-corrected chi connectivity index (χ0v) is 7.71. The lowest BCUT2D eigenvalue weighted by Crippen LogP contribution is -1.86. The molecule has 0 radical (unpaired) electrons. The highest BCUT2D eigenvalue weighted by Crippen LogP contribution is 2.30. The quantitative estimate of drug-likeness (QED) is 0.700. The first-order valence-corrected chi connectivity index (χ1v) is 4.16. The minimum Gasteiger partial charge on any atom is -0.505 e. The maximum atomic E-state index is 9.62. The van der Waals surface area contributed by atoms with Crippen LogP contribution in [0.25, 0.3) is 11.0 Å². The Balaban J connectivity index is 2.97. The second kappa shape index (κ2) is 2.85. The van der Waals surface area contributed by atoms with Crippen molar-refractivity contribution < 1.29 is 5.11 Å². The van der Waals surface area contributed by atoms with E-state index in [4.69, 9.17) is 11.6 Å². The number of aryl methyl sites for hydroxylation is 1. The number of hydrogen-bond acceptors (Lipinski definition) is 3. The molecular weight excluding hydrogens is 188 g/mol. The first-order chi connectivity index (χ1) is 6.20. The summed E-state index contributed by atoms with van der Waals surface area (Å²) in [4.78, 5) is 8.03. The van der Waals surface area contributed by atoms with Crippen LogP contribution in [0.15, 0.2) is 18.5 Å². The van der Waals surface area contributed by atoms with Gasteiger partial charge in [0.1, 0.15) is 16.8 Å². The number of benzene rings is 1. The first kappa shape index (κ1) is 8.26. The molecule has 3 nitrogen and oxygen atoms in total. The average Bonchev–Trinajstić information content (AvgIpc) is 2.15. The number of phenols is 1. The molecule has 0 aliphatic heterocycles. The van der Waals surface area contributed by atoms with Crippen molar-refractivity contribution >= 4 is 22.6 Å². The Kier molecular flexibility index (Phi) is 1.81. The SMILES string of the molecule is Cc1cc(Cl)c2nccnc2c1O. The molecule has 0 amide bonds. The fourth-order valence-corrected chi connectivity index (χ4v) is 1.50. The number of rotatable bonds is 0. The van der Waals surface area contributed by atoms with Crippen LogP contribution in [0.2, 0.25) is 5.02 Å². The number of hydrogen-bond donors (Lipinski definition) is 1. The summed E-state index contributed by atoms with van der Waals surface area (Å²) in [5.41, 5.74) is 1.69. The summed E-state index contributed by atoms with van der Waals surface area (Å²) in [6.07, 6.45) is 3.07. The highest BCUT2D eigenvalue weighted by Gasteiger charge is 2.08. The van der Waals surface area contributed by atoms with Crippen molar-refractivity contribution in [2.45, 2.75) is 6.92 Å². The fourth-order valence-electron chi connectivity index (χ4n) is 1.20. The molecule has 0 saturated carbocycles. The Hall–Kier alpha value is -1.35. The van der Waals surface area contributed by atoms with E-state index in [9.17, 15) is 5.11 Å². The van der Waals surface area contributed by atoms with Crippen LogP contribution in [0.5, 0.6) is 5.75 Å². The summed E-state index contributed by atoms with van der Waals surface area (Å²) >= 11 is 5.92. The van der Waals surface area contributed by atoms with Gasteiger partial charge < -0.3 is 5.11 Å². The molecule has 0 bridgehead atoms. The summed E-state index contributed by atoms with van der Waals surface area (Å²) in [5.74, 6) is 0.146. The fraction of sp³-hybridized carbons (Fsp3) is 0.111. The van der Waals surface area contributed by atoms with Gasteiger partial charge in [0, 0.05) is 12.4 Å². The van der Waals surface area contributed by atoms with Crippen LogP contribution in [0.1, 0.15) is 5.56 Å². The molecule has 0 aliphatic rings. The van der Waals surface area contributed by atoms with E-state index in [0.29, 0.717) is 21.6 Å². The molecule has 1 aromatic heterocycles. The average molecular weight is 195 g/mol. The number of nitrogens with zero attached hydrogens (tertiary/aromatic N) is 2. The maximum Gasteiger partial charge on any atom is 0.146 e. The van der Waals surface area contributed by atoms with Crippen LogP contribution in [0.4, 0.5) is 0 Å². The normalized spacial score (nSPS) is 10.6. The smallest absolute Gasteiger partial charge is 0.146 e. The number of aromatic nitrogens is 2. The summed E-state index contributed by atoms with van der Waals surface area (Å²) in [7, 11) is 0. The molecule has 0 saturated heterocycles. The van der Waals surface area contributed by atoms with Gasteiger partial charge in [-0.15, -0.1) is 0 Å². The molecule has 0 atom stereocenters. The van der Waals surface area contributed by atoms with Crippen LogP contribution in [0, 0.1) is 6.92 Å². The molecule has 1 aromatic carbocycles. The first-order valence-electron chi connectivity index (χ1n) is 3.79. The second-order valence-electron chi connectivity index (χ2n) is 2.78. The van der Waals surface area contributed by atoms with Crippen molar-refractivity contribution in [1.29, 1.82) is 0 Å². The zero-order valence-electron chi connectivity index (χ0n) is 6.95. The van der Waals surface area contributed by atoms with E-state index >= 15 is 0 Å². The van der Waals surface area contributed by atoms with E-state index < -0.39 is 0 Å².